The van der Waals surface area contributed by atoms with E-state index < -0.39 is 6.09 Å². The number of amides is 2. The molecule has 0 aromatic heterocycles. The Morgan fingerprint density at radius 2 is 1.68 bits per heavy atom. The van der Waals surface area contributed by atoms with Gasteiger partial charge in [-0.3, -0.25) is 9.59 Å². The molecule has 0 aromatic carbocycles. The van der Waals surface area contributed by atoms with Crippen LogP contribution in [0.25, 0.3) is 0 Å². The number of nitrogens with one attached hydrogen (secondary N) is 2. The molecule has 0 spiro atoms. The molecule has 0 aliphatic rings. The normalized spacial score (nSPS) is 9.27. The van der Waals surface area contributed by atoms with Crippen LogP contribution < -0.4 is 10.6 Å². The van der Waals surface area contributed by atoms with E-state index in [2.05, 4.69) is 23.3 Å². The topological polar surface area (TPSA) is 84.5 Å². The van der Waals surface area contributed by atoms with Gasteiger partial charge in [-0.1, -0.05) is 20.3 Å². The number of unbranched alkanes of at least 4 members (excludes halogenated alkanes) is 2. The fourth-order valence-corrected chi connectivity index (χ4v) is 1.68. The van der Waals surface area contributed by atoms with E-state index in [-0.39, 0.29) is 31.3 Å². The van der Waals surface area contributed by atoms with Crippen molar-refractivity contribution in [1.82, 2.24) is 10.6 Å². The van der Waals surface area contributed by atoms with Gasteiger partial charge in [-0.15, -0.1) is 0 Å². The van der Waals surface area contributed by atoms with Crippen LogP contribution in [0.4, 0.5) is 4.79 Å². The summed E-state index contributed by atoms with van der Waals surface area (Å²) in [6.45, 7) is 4.24. The van der Waals surface area contributed by atoms with Crippen LogP contribution in [0.5, 0.6) is 0 Å². The third-order valence-electron chi connectivity index (χ3n) is 2.58. The predicted octanol–water partition coefficient (Wildman–Crippen LogP) is 2.32. The lowest BCUT2D eigenvalue weighted by Gasteiger charge is -2.05. The van der Waals surface area contributed by atoms with E-state index >= 15 is 0 Å². The number of alkyl carbamates (subject to hydrolysis) is 1. The smallest absolute Gasteiger partial charge is 0.406 e. The number of ether oxygens (including phenoxy) is 1. The molecule has 2 N–H and O–H groups in total. The zero-order chi connectivity index (χ0) is 17.2. The first-order valence-electron chi connectivity index (χ1n) is 7.84. The molecule has 0 atom stereocenters. The van der Waals surface area contributed by atoms with Crippen molar-refractivity contribution in [3.05, 3.63) is 0 Å². The van der Waals surface area contributed by atoms with Crippen LogP contribution in [0.1, 0.15) is 52.4 Å². The standard InChI is InChI=1S/C13H24N2O4S.C2H6/c1-14-13(18)19-8-5-6-11(16)10-15-12(17)7-3-2-4-9-20;1-2/h20H,2-10H2,1H3,(H,14,18)(H,15,17);1-2H3. The van der Waals surface area contributed by atoms with Gasteiger partial charge in [-0.2, -0.15) is 12.6 Å². The van der Waals surface area contributed by atoms with Crippen LogP contribution in [0, 0.1) is 0 Å². The van der Waals surface area contributed by atoms with Gasteiger partial charge in [0, 0.05) is 19.9 Å². The van der Waals surface area contributed by atoms with E-state index in [1.165, 1.54) is 7.05 Å². The van der Waals surface area contributed by atoms with Crippen LogP contribution >= 0.6 is 12.6 Å². The van der Waals surface area contributed by atoms with Gasteiger partial charge in [0.1, 0.15) is 0 Å². The molecule has 7 heteroatoms. The van der Waals surface area contributed by atoms with E-state index in [1.807, 2.05) is 13.8 Å². The molecular formula is C15H30N2O4S. The molecule has 0 heterocycles. The zero-order valence-corrected chi connectivity index (χ0v) is 14.8. The molecule has 0 radical (unpaired) electrons. The Hall–Kier alpha value is -1.24. The second kappa shape index (κ2) is 17.8. The average Bonchev–Trinajstić information content (AvgIpc) is 2.55. The summed E-state index contributed by atoms with van der Waals surface area (Å²) in [7, 11) is 1.47. The molecule has 0 saturated carbocycles. The number of ketones is 1. The van der Waals surface area contributed by atoms with Crippen LogP contribution in [-0.2, 0) is 14.3 Å². The van der Waals surface area contributed by atoms with E-state index in [0.717, 1.165) is 25.0 Å². The molecular weight excluding hydrogens is 304 g/mol. The van der Waals surface area contributed by atoms with Crippen LogP contribution in [-0.4, -0.2) is 43.7 Å². The van der Waals surface area contributed by atoms with Crippen molar-refractivity contribution < 1.29 is 19.1 Å². The largest absolute Gasteiger partial charge is 0.450 e. The molecule has 0 saturated heterocycles. The molecule has 2 amide bonds. The average molecular weight is 334 g/mol. The third-order valence-corrected chi connectivity index (χ3v) is 2.90. The lowest BCUT2D eigenvalue weighted by atomic mass is 10.2. The van der Waals surface area contributed by atoms with Crippen molar-refractivity contribution in [3.8, 4) is 0 Å². The minimum atomic E-state index is -0.507. The summed E-state index contributed by atoms with van der Waals surface area (Å²) >= 11 is 4.09. The highest BCUT2D eigenvalue weighted by atomic mass is 32.1. The Morgan fingerprint density at radius 1 is 1.00 bits per heavy atom. The summed E-state index contributed by atoms with van der Waals surface area (Å²) < 4.78 is 4.75. The van der Waals surface area contributed by atoms with Gasteiger partial charge >= 0.3 is 6.09 Å². The number of carbonyl (C=O) groups excluding carboxylic acids is 3. The lowest BCUT2D eigenvalue weighted by molar-refractivity contribution is -0.125. The molecule has 0 rings (SSSR count). The van der Waals surface area contributed by atoms with Gasteiger partial charge in [0.2, 0.25) is 5.91 Å². The Balaban J connectivity index is 0. The fourth-order valence-electron chi connectivity index (χ4n) is 1.45. The van der Waals surface area contributed by atoms with Crippen molar-refractivity contribution in [3.63, 3.8) is 0 Å². The van der Waals surface area contributed by atoms with Gasteiger partial charge in [0.25, 0.3) is 0 Å². The summed E-state index contributed by atoms with van der Waals surface area (Å²) in [5.74, 6) is 0.673. The van der Waals surface area contributed by atoms with Crippen molar-refractivity contribution >= 4 is 30.4 Å². The van der Waals surface area contributed by atoms with Crippen molar-refractivity contribution in [2.75, 3.05) is 26.0 Å². The van der Waals surface area contributed by atoms with E-state index in [9.17, 15) is 14.4 Å². The minimum Gasteiger partial charge on any atom is -0.450 e. The molecule has 0 aliphatic heterocycles. The molecule has 0 aliphatic carbocycles. The van der Waals surface area contributed by atoms with Crippen molar-refractivity contribution in [2.24, 2.45) is 0 Å². The Bertz CT molecular complexity index is 312. The maximum atomic E-state index is 11.5. The summed E-state index contributed by atoms with van der Waals surface area (Å²) in [6.07, 6.45) is 3.48. The number of hydrogen-bond acceptors (Lipinski definition) is 5. The Labute approximate surface area is 139 Å². The van der Waals surface area contributed by atoms with Crippen LogP contribution in [0.2, 0.25) is 0 Å². The van der Waals surface area contributed by atoms with Gasteiger partial charge in [-0.05, 0) is 25.0 Å². The number of Topliss-reactive ketones (excluding diaryl/α,β-unsaturated/α-hetero) is 1. The lowest BCUT2D eigenvalue weighted by Crippen LogP contribution is -2.29. The first kappa shape index (κ1) is 23.0. The third kappa shape index (κ3) is 16.8. The summed E-state index contributed by atoms with van der Waals surface area (Å²) in [6, 6.07) is 0. The highest BCUT2D eigenvalue weighted by Crippen LogP contribution is 2.00. The monoisotopic (exact) mass is 334 g/mol. The molecule has 0 bridgehead atoms. The summed E-state index contributed by atoms with van der Waals surface area (Å²) in [5.41, 5.74) is 0. The van der Waals surface area contributed by atoms with E-state index in [4.69, 9.17) is 4.74 Å². The number of rotatable bonds is 11. The van der Waals surface area contributed by atoms with Crippen LogP contribution in [0.3, 0.4) is 0 Å². The van der Waals surface area contributed by atoms with E-state index in [1.54, 1.807) is 0 Å². The van der Waals surface area contributed by atoms with Gasteiger partial charge < -0.3 is 15.4 Å². The zero-order valence-electron chi connectivity index (χ0n) is 13.9. The highest BCUT2D eigenvalue weighted by Gasteiger charge is 2.06. The fraction of sp³-hybridized carbons (Fsp3) is 0.800. The maximum absolute atomic E-state index is 11.5. The first-order chi connectivity index (χ1) is 10.6. The number of thiol groups is 1. The molecule has 130 valence electrons. The molecule has 6 nitrogen and oxygen atoms in total. The second-order valence-corrected chi connectivity index (χ2v) is 4.79. The SMILES string of the molecule is CC.CNC(=O)OCCCC(=O)CNC(=O)CCCCCS. The van der Waals surface area contributed by atoms with Gasteiger partial charge in [0.05, 0.1) is 13.2 Å². The highest BCUT2D eigenvalue weighted by molar-refractivity contribution is 7.80. The maximum Gasteiger partial charge on any atom is 0.406 e. The second-order valence-electron chi connectivity index (χ2n) is 4.34. The quantitative estimate of drug-likeness (QED) is 0.400. The molecule has 0 aromatic rings. The molecule has 0 fully saturated rings. The minimum absolute atomic E-state index is 0.0470. The van der Waals surface area contributed by atoms with Crippen molar-refractivity contribution in [2.45, 2.75) is 52.4 Å². The Morgan fingerprint density at radius 3 is 2.27 bits per heavy atom. The van der Waals surface area contributed by atoms with Gasteiger partial charge in [-0.25, -0.2) is 4.79 Å². The number of carbonyl (C=O) groups is 3. The Kier molecular flexibility index (Phi) is 18.6. The predicted molar refractivity (Wildman–Crippen MR) is 91.3 cm³/mol. The number of hydrogen-bond donors (Lipinski definition) is 3. The molecule has 0 unspecified atom stereocenters. The first-order valence-corrected chi connectivity index (χ1v) is 8.47. The van der Waals surface area contributed by atoms with Gasteiger partial charge in [0.15, 0.2) is 5.78 Å². The summed E-state index contributed by atoms with van der Waals surface area (Å²) in [5, 5.41) is 4.91. The van der Waals surface area contributed by atoms with Crippen LogP contribution in [0.15, 0.2) is 0 Å². The van der Waals surface area contributed by atoms with Crippen molar-refractivity contribution in [1.29, 1.82) is 0 Å². The van der Waals surface area contributed by atoms with E-state index in [0.29, 0.717) is 12.8 Å². The summed E-state index contributed by atoms with van der Waals surface area (Å²) in [4.78, 5) is 33.6. The molecule has 22 heavy (non-hydrogen) atoms.